The van der Waals surface area contributed by atoms with Crippen LogP contribution in [0.5, 0.6) is 0 Å². The summed E-state index contributed by atoms with van der Waals surface area (Å²) in [6.07, 6.45) is 10.8. The Labute approximate surface area is 757 Å². The fourth-order valence-electron chi connectivity index (χ4n) is 11.6. The van der Waals surface area contributed by atoms with Gasteiger partial charge in [-0.2, -0.15) is 0 Å². The van der Waals surface area contributed by atoms with Crippen LogP contribution in [0.25, 0.3) is 11.1 Å². The summed E-state index contributed by atoms with van der Waals surface area (Å²) in [4.78, 5) is 1.54. The molecule has 0 aliphatic heterocycles. The molecule has 121 heavy (non-hydrogen) atoms. The lowest BCUT2D eigenvalue weighted by Gasteiger charge is -2.48. The van der Waals surface area contributed by atoms with Crippen LogP contribution in [-0.2, 0) is 5.41 Å². The molecule has 1 aliphatic rings. The van der Waals surface area contributed by atoms with Gasteiger partial charge in [-0.05, 0) is 193 Å². The van der Waals surface area contributed by atoms with Crippen molar-refractivity contribution < 1.29 is 0 Å². The fraction of sp³-hybridized carbons (Fsp3) is 0.400. The molecule has 0 radical (unpaired) electrons. The molecule has 1 aliphatic carbocycles. The summed E-state index contributed by atoms with van der Waals surface area (Å²) in [6.45, 7) is 80.8. The van der Waals surface area contributed by atoms with E-state index in [0.29, 0.717) is 5.41 Å². The van der Waals surface area contributed by atoms with Gasteiger partial charge < -0.3 is 0 Å². The van der Waals surface area contributed by atoms with E-state index >= 15 is 0 Å². The lowest BCUT2D eigenvalue weighted by atomic mass is 9.55. The van der Waals surface area contributed by atoms with Crippen molar-refractivity contribution in [3.8, 4) is 11.1 Å². The molecule has 674 valence electrons. The fourth-order valence-corrected chi connectivity index (χ4v) is 13.2. The second-order valence-electron chi connectivity index (χ2n) is 27.5. The SMILES string of the molecule is CC.CC.CC.CC.CC.CC.CC.CC.CC.CC.CC.CC.CC1CC(C)(C)CC(c2ccccc2)(c2ccccc2)C1.Cc1ccc(C)c(C)c1.Cc1ccc(C)c(C)c1.Cc1ccc(C)c(S(C)(C)C)c1.Cc1ccccc1.Cc1ccccc1.Cc1ccccc1.Cc1ccccc1.c1ccc(-c2ccccc2)cc1.c1ccccc1. The highest BCUT2D eigenvalue weighted by Gasteiger charge is 2.45. The molecule has 0 N–H and O–H groups in total. The summed E-state index contributed by atoms with van der Waals surface area (Å²) in [5.41, 5.74) is 22.4. The van der Waals surface area contributed by atoms with Crippen molar-refractivity contribution in [2.75, 3.05) is 18.8 Å². The smallest absolute Gasteiger partial charge is 0.0210 e. The van der Waals surface area contributed by atoms with Crippen molar-refractivity contribution in [3.05, 3.63) is 412 Å². The van der Waals surface area contributed by atoms with Crippen LogP contribution >= 0.6 is 10.0 Å². The Bertz CT molecular complexity index is 3630. The number of rotatable bonds is 4. The highest BCUT2D eigenvalue weighted by Crippen LogP contribution is 2.53. The molecule has 0 saturated heterocycles. The van der Waals surface area contributed by atoms with Crippen molar-refractivity contribution in [2.45, 2.75) is 300 Å². The first-order valence-electron chi connectivity index (χ1n) is 46.5. The van der Waals surface area contributed by atoms with Gasteiger partial charge in [0.1, 0.15) is 0 Å². The van der Waals surface area contributed by atoms with E-state index in [4.69, 9.17) is 0 Å². The van der Waals surface area contributed by atoms with Crippen molar-refractivity contribution in [3.63, 3.8) is 0 Å². The predicted molar refractivity (Wildman–Crippen MR) is 571 cm³/mol. The summed E-state index contributed by atoms with van der Waals surface area (Å²) in [6, 6.07) is 116. The number of benzene rings is 12. The van der Waals surface area contributed by atoms with E-state index in [1.807, 2.05) is 287 Å². The zero-order chi connectivity index (χ0) is 94.9. The zero-order valence-electron chi connectivity index (χ0n) is 86.4. The summed E-state index contributed by atoms with van der Waals surface area (Å²) in [5, 5.41) is 0. The molecule has 0 aromatic heterocycles. The summed E-state index contributed by atoms with van der Waals surface area (Å²) in [5.74, 6) is 0.758. The van der Waals surface area contributed by atoms with Gasteiger partial charge in [-0.3, -0.25) is 0 Å². The van der Waals surface area contributed by atoms with Crippen LogP contribution in [-0.4, -0.2) is 18.8 Å². The minimum absolute atomic E-state index is 0.170. The first kappa shape index (κ1) is 130. The second kappa shape index (κ2) is 91.7. The van der Waals surface area contributed by atoms with Gasteiger partial charge in [0.25, 0.3) is 0 Å². The lowest BCUT2D eigenvalue weighted by Crippen LogP contribution is -2.41. The third kappa shape index (κ3) is 69.2. The normalized spacial score (nSPS) is 10.8. The first-order valence-corrected chi connectivity index (χ1v) is 49.3. The molecule has 0 spiro atoms. The van der Waals surface area contributed by atoms with Crippen molar-refractivity contribution >= 4 is 10.0 Å². The van der Waals surface area contributed by atoms with Crippen LogP contribution in [0.3, 0.4) is 0 Å². The van der Waals surface area contributed by atoms with Crippen LogP contribution in [0, 0.1) is 94.4 Å². The van der Waals surface area contributed by atoms with E-state index < -0.39 is 10.0 Å². The molecule has 0 amide bonds. The third-order valence-corrected chi connectivity index (χ3v) is 18.4. The van der Waals surface area contributed by atoms with Crippen molar-refractivity contribution in [1.29, 1.82) is 0 Å². The van der Waals surface area contributed by atoms with E-state index in [2.05, 4.69) is 335 Å². The molecule has 12 aromatic rings. The Balaban J connectivity index is -0.000000163. The molecule has 1 fully saturated rings. The van der Waals surface area contributed by atoms with Gasteiger partial charge in [-0.15, -0.1) is 0 Å². The molecular formula is C120H188S. The lowest BCUT2D eigenvalue weighted by molar-refractivity contribution is 0.127. The van der Waals surface area contributed by atoms with Crippen molar-refractivity contribution in [2.24, 2.45) is 11.3 Å². The third-order valence-electron chi connectivity index (χ3n) is 16.7. The molecule has 1 unspecified atom stereocenters. The highest BCUT2D eigenvalue weighted by atomic mass is 32.3. The minimum Gasteiger partial charge on any atom is -0.223 e. The average molecular weight is 1660 g/mol. The van der Waals surface area contributed by atoms with Crippen LogP contribution < -0.4 is 0 Å². The van der Waals surface area contributed by atoms with E-state index in [1.165, 1.54) is 108 Å². The largest absolute Gasteiger partial charge is 0.223 e. The zero-order valence-corrected chi connectivity index (χ0v) is 87.2. The standard InChI is InChI=1S/C21H26.C12H10.C11H18S.2C9H12.4C7H8.C6H6.12C2H6/c1-17-14-20(2,3)16-21(15-17,18-10-6-4-7-11-18)19-12-8-5-9-13-19;1-3-7-11(8-4-1)12-9-5-2-6-10-12;1-9-6-7-10(2)11(8-9)12(3,4)5;2*1-7-4-5-8(2)9(3)6-7;4*1-7-5-3-2-4-6-7;1-2-4-6-5-3-1;12*1-2/h4-13,17H,14-16H2,1-3H3;1-10H;6-8H,1-5H3;2*4-6H,1-3H3;4*2-6H,1H3;1-6H;12*1-2H3. The molecule has 1 heteroatoms. The van der Waals surface area contributed by atoms with E-state index in [-0.39, 0.29) is 5.41 Å². The number of hydrogen-bond acceptors (Lipinski definition) is 0. The highest BCUT2D eigenvalue weighted by molar-refractivity contribution is 8.32. The van der Waals surface area contributed by atoms with Crippen LogP contribution in [0.2, 0.25) is 0 Å². The van der Waals surface area contributed by atoms with Crippen LogP contribution in [0.4, 0.5) is 0 Å². The van der Waals surface area contributed by atoms with Gasteiger partial charge in [-0.25, -0.2) is 10.0 Å². The quantitative estimate of drug-likeness (QED) is 0.165. The average Bonchev–Trinajstić information content (AvgIpc) is 0.750. The van der Waals surface area contributed by atoms with E-state index in [1.54, 1.807) is 4.90 Å². The second-order valence-corrected chi connectivity index (χ2v) is 31.6. The number of aryl methyl sites for hydroxylation is 12. The summed E-state index contributed by atoms with van der Waals surface area (Å²) < 4.78 is 0. The maximum absolute atomic E-state index is 2.43. The van der Waals surface area contributed by atoms with Crippen LogP contribution in [0.1, 0.15) is 284 Å². The van der Waals surface area contributed by atoms with Gasteiger partial charge in [0.05, 0.1) is 0 Å². The Morgan fingerprint density at radius 1 is 0.215 bits per heavy atom. The molecule has 0 heterocycles. The Morgan fingerprint density at radius 3 is 0.595 bits per heavy atom. The molecule has 1 atom stereocenters. The van der Waals surface area contributed by atoms with Gasteiger partial charge in [0, 0.05) is 5.41 Å². The van der Waals surface area contributed by atoms with E-state index in [9.17, 15) is 0 Å². The molecule has 12 aromatic carbocycles. The molecular weight excluding hydrogens is 1470 g/mol. The Morgan fingerprint density at radius 2 is 0.413 bits per heavy atom. The maximum Gasteiger partial charge on any atom is 0.0210 e. The monoisotopic (exact) mass is 1660 g/mol. The Hall–Kier alpha value is -9.01. The predicted octanol–water partition coefficient (Wildman–Crippen LogP) is 39.7. The van der Waals surface area contributed by atoms with Crippen LogP contribution in [0.15, 0.2) is 339 Å². The minimum atomic E-state index is -0.556. The first-order chi connectivity index (χ1) is 58.4. The molecule has 13 rings (SSSR count). The van der Waals surface area contributed by atoms with Gasteiger partial charge in [-0.1, -0.05) is 553 Å². The topological polar surface area (TPSA) is 0 Å². The summed E-state index contributed by atoms with van der Waals surface area (Å²) in [7, 11) is -0.556. The van der Waals surface area contributed by atoms with Gasteiger partial charge in [0.15, 0.2) is 0 Å². The molecule has 0 nitrogen and oxygen atoms in total. The summed E-state index contributed by atoms with van der Waals surface area (Å²) >= 11 is 0. The maximum atomic E-state index is 2.43. The van der Waals surface area contributed by atoms with Crippen molar-refractivity contribution in [1.82, 2.24) is 0 Å². The van der Waals surface area contributed by atoms with E-state index in [0.717, 1.165) is 5.92 Å². The van der Waals surface area contributed by atoms with Gasteiger partial charge >= 0.3 is 0 Å². The Kier molecular flexibility index (Phi) is 98.6. The molecule has 0 bridgehead atoms. The number of hydrogen-bond donors (Lipinski definition) is 0. The van der Waals surface area contributed by atoms with Gasteiger partial charge in [0.2, 0.25) is 0 Å². The molecule has 1 saturated carbocycles.